The molecule has 1 heterocycles. The van der Waals surface area contributed by atoms with E-state index in [-0.39, 0.29) is 13.1 Å². The van der Waals surface area contributed by atoms with Crippen molar-refractivity contribution in [3.63, 3.8) is 0 Å². The Morgan fingerprint density at radius 2 is 1.26 bits per heavy atom. The zero-order chi connectivity index (χ0) is 22.9. The molecule has 1 aromatic rings. The molecule has 10 heteroatoms. The maximum Gasteiger partial charge on any atom is 0.336 e. The van der Waals surface area contributed by atoms with Crippen molar-refractivity contribution in [2.24, 2.45) is 4.99 Å². The van der Waals surface area contributed by atoms with Crippen LogP contribution in [0.1, 0.15) is 71.1 Å². The average Bonchev–Trinajstić information content (AvgIpc) is 2.76. The molecular formula is C21H33N5O5. The Kier molecular flexibility index (Phi) is 13.4. The largest absolute Gasteiger partial charge is 0.428 e. The summed E-state index contributed by atoms with van der Waals surface area (Å²) in [7, 11) is 0. The van der Waals surface area contributed by atoms with E-state index in [1.807, 2.05) is 0 Å². The lowest BCUT2D eigenvalue weighted by atomic mass is 10.2. The summed E-state index contributed by atoms with van der Waals surface area (Å²) < 4.78 is 8.09. The zero-order valence-electron chi connectivity index (χ0n) is 18.4. The highest BCUT2D eigenvalue weighted by atomic mass is 16.5. The third-order valence-corrected chi connectivity index (χ3v) is 5.03. The van der Waals surface area contributed by atoms with Gasteiger partial charge < -0.3 is 4.74 Å². The van der Waals surface area contributed by atoms with Gasteiger partial charge >= 0.3 is 17.1 Å². The van der Waals surface area contributed by atoms with E-state index in [0.29, 0.717) is 64.6 Å². The number of nitriles is 1. The van der Waals surface area contributed by atoms with Gasteiger partial charge in [-0.2, -0.15) is 5.26 Å². The standard InChI is InChI=1S/C21H33N5O5/c1-2-3-4-8-13-24-19(28)25(14-9-5-7-12-23-18-27)21(30)26(20(24)29)15-10-6-11-16-31-17-22/h2-16H2,1H3. The third kappa shape index (κ3) is 9.18. The highest BCUT2D eigenvalue weighted by molar-refractivity contribution is 5.32. The van der Waals surface area contributed by atoms with Crippen molar-refractivity contribution in [1.29, 1.82) is 5.26 Å². The molecular weight excluding hydrogens is 402 g/mol. The van der Waals surface area contributed by atoms with Crippen molar-refractivity contribution in [2.75, 3.05) is 13.2 Å². The summed E-state index contributed by atoms with van der Waals surface area (Å²) in [6.45, 7) is 3.49. The highest BCUT2D eigenvalue weighted by Crippen LogP contribution is 2.01. The molecule has 0 spiro atoms. The van der Waals surface area contributed by atoms with E-state index in [1.165, 1.54) is 10.6 Å². The van der Waals surface area contributed by atoms with E-state index in [9.17, 15) is 19.2 Å². The molecule has 0 atom stereocenters. The van der Waals surface area contributed by atoms with E-state index < -0.39 is 17.1 Å². The van der Waals surface area contributed by atoms with Crippen molar-refractivity contribution in [3.05, 3.63) is 31.5 Å². The smallest absolute Gasteiger partial charge is 0.336 e. The normalized spacial score (nSPS) is 10.5. The van der Waals surface area contributed by atoms with Crippen molar-refractivity contribution < 1.29 is 9.53 Å². The quantitative estimate of drug-likeness (QED) is 0.159. The van der Waals surface area contributed by atoms with E-state index in [0.717, 1.165) is 28.4 Å². The fourth-order valence-corrected chi connectivity index (χ4v) is 3.30. The summed E-state index contributed by atoms with van der Waals surface area (Å²) in [5.41, 5.74) is -1.70. The van der Waals surface area contributed by atoms with Gasteiger partial charge in [-0.05, 0) is 44.9 Å². The van der Waals surface area contributed by atoms with Crippen LogP contribution in [0.2, 0.25) is 0 Å². The van der Waals surface area contributed by atoms with Crippen LogP contribution in [-0.2, 0) is 29.2 Å². The molecule has 0 radical (unpaired) electrons. The average molecular weight is 436 g/mol. The Bertz CT molecular complexity index is 918. The maximum atomic E-state index is 12.8. The van der Waals surface area contributed by atoms with Crippen LogP contribution in [0.25, 0.3) is 0 Å². The number of unbranched alkanes of at least 4 members (excludes halogenated alkanes) is 7. The molecule has 0 aliphatic rings. The van der Waals surface area contributed by atoms with Gasteiger partial charge in [0.1, 0.15) is 6.61 Å². The first kappa shape index (κ1) is 26.1. The number of carbonyl (C=O) groups excluding carboxylic acids is 1. The van der Waals surface area contributed by atoms with Crippen molar-refractivity contribution in [2.45, 2.75) is 90.8 Å². The first-order valence-corrected chi connectivity index (χ1v) is 11.1. The van der Waals surface area contributed by atoms with Crippen LogP contribution in [0.4, 0.5) is 0 Å². The topological polar surface area (TPSA) is 128 Å². The van der Waals surface area contributed by atoms with E-state index in [1.54, 1.807) is 6.26 Å². The lowest BCUT2D eigenvalue weighted by Crippen LogP contribution is -2.54. The first-order chi connectivity index (χ1) is 15.1. The van der Waals surface area contributed by atoms with Gasteiger partial charge in [-0.15, -0.1) is 0 Å². The van der Waals surface area contributed by atoms with Crippen LogP contribution in [0.3, 0.4) is 0 Å². The highest BCUT2D eigenvalue weighted by Gasteiger charge is 2.15. The van der Waals surface area contributed by atoms with Gasteiger partial charge in [-0.3, -0.25) is 0 Å². The number of nitrogens with zero attached hydrogens (tertiary/aromatic N) is 5. The zero-order valence-corrected chi connectivity index (χ0v) is 18.4. The fraction of sp³-hybridized carbons (Fsp3) is 0.762. The minimum Gasteiger partial charge on any atom is -0.428 e. The van der Waals surface area contributed by atoms with Gasteiger partial charge in [0.05, 0.1) is 6.54 Å². The summed E-state index contributed by atoms with van der Waals surface area (Å²) >= 11 is 0. The first-order valence-electron chi connectivity index (χ1n) is 11.1. The van der Waals surface area contributed by atoms with Gasteiger partial charge in [0, 0.05) is 19.6 Å². The molecule has 0 N–H and O–H groups in total. The van der Waals surface area contributed by atoms with E-state index >= 15 is 0 Å². The molecule has 10 nitrogen and oxygen atoms in total. The second kappa shape index (κ2) is 15.9. The number of aromatic nitrogens is 3. The minimum absolute atomic E-state index is 0.216. The molecule has 0 aliphatic heterocycles. The molecule has 0 aliphatic carbocycles. The molecule has 0 bridgehead atoms. The van der Waals surface area contributed by atoms with Gasteiger partial charge in [0.25, 0.3) is 6.26 Å². The molecule has 0 amide bonds. The predicted octanol–water partition coefficient (Wildman–Crippen LogP) is 1.93. The Hall–Kier alpha value is -2.92. The second-order valence-electron chi connectivity index (χ2n) is 7.40. The summed E-state index contributed by atoms with van der Waals surface area (Å²) in [4.78, 5) is 52.1. The van der Waals surface area contributed by atoms with Crippen LogP contribution < -0.4 is 17.1 Å². The van der Waals surface area contributed by atoms with E-state index in [2.05, 4.69) is 16.7 Å². The Labute approximate surface area is 181 Å². The third-order valence-electron chi connectivity index (χ3n) is 5.03. The fourth-order valence-electron chi connectivity index (χ4n) is 3.30. The van der Waals surface area contributed by atoms with Gasteiger partial charge in [-0.1, -0.05) is 26.2 Å². The number of ether oxygens (including phenoxy) is 1. The van der Waals surface area contributed by atoms with Crippen LogP contribution >= 0.6 is 0 Å². The van der Waals surface area contributed by atoms with E-state index in [4.69, 9.17) is 5.26 Å². The van der Waals surface area contributed by atoms with Gasteiger partial charge in [-0.25, -0.2) is 37.9 Å². The molecule has 0 aromatic carbocycles. The monoisotopic (exact) mass is 435 g/mol. The summed E-state index contributed by atoms with van der Waals surface area (Å²) in [5.74, 6) is 0. The lowest BCUT2D eigenvalue weighted by Gasteiger charge is -2.14. The molecule has 1 aromatic heterocycles. The number of aliphatic imine (C=N–C) groups is 1. The molecule has 0 saturated carbocycles. The van der Waals surface area contributed by atoms with Crippen LogP contribution in [-0.4, -0.2) is 32.9 Å². The predicted molar refractivity (Wildman–Crippen MR) is 116 cm³/mol. The Balaban J connectivity index is 2.97. The van der Waals surface area contributed by atoms with Crippen LogP contribution in [0, 0.1) is 11.5 Å². The minimum atomic E-state index is -0.584. The summed E-state index contributed by atoms with van der Waals surface area (Å²) in [6.07, 6.45) is 10.6. The number of hydrogen-bond acceptors (Lipinski definition) is 7. The number of isocyanates is 1. The Morgan fingerprint density at radius 1 is 0.774 bits per heavy atom. The maximum absolute atomic E-state index is 12.8. The second-order valence-corrected chi connectivity index (χ2v) is 7.40. The lowest BCUT2D eigenvalue weighted by molar-refractivity contribution is 0.259. The van der Waals surface area contributed by atoms with Crippen molar-refractivity contribution in [1.82, 2.24) is 13.7 Å². The summed E-state index contributed by atoms with van der Waals surface area (Å²) in [6, 6.07) is 0. The number of hydrogen-bond donors (Lipinski definition) is 0. The van der Waals surface area contributed by atoms with Crippen LogP contribution in [0.5, 0.6) is 0 Å². The van der Waals surface area contributed by atoms with Crippen LogP contribution in [0.15, 0.2) is 19.4 Å². The SMILES string of the molecule is CCCCCCn1c(=O)n(CCCCCN=C=O)c(=O)n(CCCCCOC#N)c1=O. The van der Waals surface area contributed by atoms with Crippen molar-refractivity contribution >= 4 is 6.08 Å². The number of rotatable bonds is 17. The molecule has 0 fully saturated rings. The molecule has 0 saturated heterocycles. The van der Waals surface area contributed by atoms with Crippen molar-refractivity contribution in [3.8, 4) is 6.26 Å². The van der Waals surface area contributed by atoms with Gasteiger partial charge in [0.2, 0.25) is 6.08 Å². The molecule has 31 heavy (non-hydrogen) atoms. The molecule has 1 rings (SSSR count). The molecule has 172 valence electrons. The Morgan fingerprint density at radius 3 is 1.71 bits per heavy atom. The van der Waals surface area contributed by atoms with Gasteiger partial charge in [0.15, 0.2) is 0 Å². The molecule has 0 unspecified atom stereocenters. The summed E-state index contributed by atoms with van der Waals surface area (Å²) in [5, 5.41) is 8.38.